The third-order valence-corrected chi connectivity index (χ3v) is 5.09. The SMILES string of the molecule is Cn1c(=O)n(CCC(=O)OCC(=O)Nc2ccccc2Oc2ccccc2)c2ccccc21. The van der Waals surface area contributed by atoms with Crippen molar-refractivity contribution in [3.63, 3.8) is 0 Å². The third kappa shape index (κ3) is 5.12. The van der Waals surface area contributed by atoms with E-state index < -0.39 is 18.5 Å². The summed E-state index contributed by atoms with van der Waals surface area (Å²) in [6.45, 7) is -0.280. The Morgan fingerprint density at radius 1 is 0.879 bits per heavy atom. The minimum Gasteiger partial charge on any atom is -0.456 e. The molecular weight excluding hydrogens is 422 g/mol. The van der Waals surface area contributed by atoms with Gasteiger partial charge in [-0.15, -0.1) is 0 Å². The number of aryl methyl sites for hydroxylation is 2. The van der Waals surface area contributed by atoms with E-state index in [0.717, 1.165) is 11.0 Å². The fourth-order valence-corrected chi connectivity index (χ4v) is 3.46. The van der Waals surface area contributed by atoms with Crippen molar-refractivity contribution >= 4 is 28.6 Å². The molecule has 1 amide bonds. The van der Waals surface area contributed by atoms with Crippen LogP contribution < -0.4 is 15.7 Å². The summed E-state index contributed by atoms with van der Waals surface area (Å²) in [5.74, 6) is 0.0432. The second kappa shape index (κ2) is 9.86. The summed E-state index contributed by atoms with van der Waals surface area (Å²) in [5.41, 5.74) is 1.78. The summed E-state index contributed by atoms with van der Waals surface area (Å²) in [6.07, 6.45) is -0.0328. The molecule has 0 aliphatic heterocycles. The highest BCUT2D eigenvalue weighted by Crippen LogP contribution is 2.29. The number of esters is 1. The summed E-state index contributed by atoms with van der Waals surface area (Å²) in [6, 6.07) is 23.5. The number of hydrogen-bond donors (Lipinski definition) is 1. The van der Waals surface area contributed by atoms with Gasteiger partial charge in [0.25, 0.3) is 5.91 Å². The molecule has 0 saturated carbocycles. The Kier molecular flexibility index (Phi) is 6.54. The number of imidazole rings is 1. The Balaban J connectivity index is 1.32. The largest absolute Gasteiger partial charge is 0.456 e. The van der Waals surface area contributed by atoms with Gasteiger partial charge in [-0.2, -0.15) is 0 Å². The summed E-state index contributed by atoms with van der Waals surface area (Å²) in [4.78, 5) is 36.9. The van der Waals surface area contributed by atoms with Crippen molar-refractivity contribution in [2.45, 2.75) is 13.0 Å². The minimum atomic E-state index is -0.571. The molecule has 0 aliphatic carbocycles. The zero-order valence-corrected chi connectivity index (χ0v) is 18.1. The maximum absolute atomic E-state index is 12.4. The van der Waals surface area contributed by atoms with Crippen LogP contribution in [0.4, 0.5) is 5.69 Å². The van der Waals surface area contributed by atoms with E-state index in [1.165, 1.54) is 9.13 Å². The van der Waals surface area contributed by atoms with Crippen LogP contribution >= 0.6 is 0 Å². The maximum atomic E-state index is 12.4. The molecule has 8 nitrogen and oxygen atoms in total. The van der Waals surface area contributed by atoms with Gasteiger partial charge in [-0.3, -0.25) is 18.7 Å². The molecule has 1 aromatic heterocycles. The van der Waals surface area contributed by atoms with E-state index >= 15 is 0 Å². The monoisotopic (exact) mass is 445 g/mol. The number of nitrogens with one attached hydrogen (secondary N) is 1. The minimum absolute atomic E-state index is 0.0328. The normalized spacial score (nSPS) is 10.7. The van der Waals surface area contributed by atoms with E-state index in [9.17, 15) is 14.4 Å². The Bertz CT molecular complexity index is 1340. The van der Waals surface area contributed by atoms with Crippen molar-refractivity contribution in [1.29, 1.82) is 0 Å². The average Bonchev–Trinajstić information content (AvgIpc) is 3.08. The quantitative estimate of drug-likeness (QED) is 0.418. The summed E-state index contributed by atoms with van der Waals surface area (Å²) >= 11 is 0. The standard InChI is InChI=1S/C25H23N3O5/c1-27-20-12-6-7-13-21(20)28(25(27)31)16-15-24(30)32-17-23(29)26-19-11-5-8-14-22(19)33-18-9-3-2-4-10-18/h2-14H,15-17H2,1H3,(H,26,29). The molecule has 0 radical (unpaired) electrons. The highest BCUT2D eigenvalue weighted by atomic mass is 16.5. The van der Waals surface area contributed by atoms with E-state index in [4.69, 9.17) is 9.47 Å². The lowest BCUT2D eigenvalue weighted by atomic mass is 10.3. The fourth-order valence-electron chi connectivity index (χ4n) is 3.46. The Hall–Kier alpha value is -4.33. The van der Waals surface area contributed by atoms with Gasteiger partial charge < -0.3 is 14.8 Å². The van der Waals surface area contributed by atoms with Crippen molar-refractivity contribution < 1.29 is 19.1 Å². The number of carbonyl (C=O) groups excluding carboxylic acids is 2. The number of nitrogens with zero attached hydrogens (tertiary/aromatic N) is 2. The van der Waals surface area contributed by atoms with Crippen molar-refractivity contribution in [3.8, 4) is 11.5 Å². The van der Waals surface area contributed by atoms with Crippen LogP contribution in [0.15, 0.2) is 83.7 Å². The lowest BCUT2D eigenvalue weighted by Gasteiger charge is -2.12. The van der Waals surface area contributed by atoms with Crippen LogP contribution in [0.2, 0.25) is 0 Å². The van der Waals surface area contributed by atoms with Crippen molar-refractivity contribution in [2.24, 2.45) is 7.05 Å². The molecule has 0 fully saturated rings. The molecule has 168 valence electrons. The van der Waals surface area contributed by atoms with E-state index in [1.54, 1.807) is 31.3 Å². The van der Waals surface area contributed by atoms with Crippen LogP contribution in [0.5, 0.6) is 11.5 Å². The van der Waals surface area contributed by atoms with Gasteiger partial charge in [0.1, 0.15) is 5.75 Å². The summed E-state index contributed by atoms with van der Waals surface area (Å²) in [7, 11) is 1.68. The molecule has 0 aliphatic rings. The molecule has 0 saturated heterocycles. The van der Waals surface area contributed by atoms with Crippen LogP contribution in [0.25, 0.3) is 11.0 Å². The average molecular weight is 445 g/mol. The number of ether oxygens (including phenoxy) is 2. The summed E-state index contributed by atoms with van der Waals surface area (Å²) in [5, 5.41) is 2.70. The number of fused-ring (bicyclic) bond motifs is 1. The first-order chi connectivity index (χ1) is 16.0. The number of anilines is 1. The number of benzene rings is 3. The second-order valence-electron chi connectivity index (χ2n) is 7.35. The first kappa shape index (κ1) is 21.9. The Morgan fingerprint density at radius 2 is 1.55 bits per heavy atom. The van der Waals surface area contributed by atoms with Crippen molar-refractivity contribution in [3.05, 3.63) is 89.3 Å². The topological polar surface area (TPSA) is 91.6 Å². The van der Waals surface area contributed by atoms with Gasteiger partial charge >= 0.3 is 11.7 Å². The lowest BCUT2D eigenvalue weighted by molar-refractivity contribution is -0.147. The maximum Gasteiger partial charge on any atom is 0.328 e. The van der Waals surface area contributed by atoms with Crippen LogP contribution in [-0.2, 0) is 27.9 Å². The van der Waals surface area contributed by atoms with E-state index in [1.807, 2.05) is 54.6 Å². The Labute approximate surface area is 190 Å². The number of carbonyl (C=O) groups is 2. The van der Waals surface area contributed by atoms with Gasteiger partial charge in [-0.25, -0.2) is 4.79 Å². The van der Waals surface area contributed by atoms with Crippen LogP contribution in [0.1, 0.15) is 6.42 Å². The zero-order chi connectivity index (χ0) is 23.2. The molecule has 0 spiro atoms. The molecule has 1 N–H and O–H groups in total. The number of para-hydroxylation sites is 5. The van der Waals surface area contributed by atoms with Crippen molar-refractivity contribution in [1.82, 2.24) is 9.13 Å². The van der Waals surface area contributed by atoms with Gasteiger partial charge in [0.2, 0.25) is 0 Å². The molecule has 1 heterocycles. The third-order valence-electron chi connectivity index (χ3n) is 5.09. The van der Waals surface area contributed by atoms with Crippen LogP contribution in [-0.4, -0.2) is 27.6 Å². The van der Waals surface area contributed by atoms with E-state index in [-0.39, 0.29) is 18.7 Å². The molecular formula is C25H23N3O5. The predicted octanol–water partition coefficient (Wildman–Crippen LogP) is 3.70. The van der Waals surface area contributed by atoms with E-state index in [2.05, 4.69) is 5.32 Å². The molecule has 0 atom stereocenters. The molecule has 8 heteroatoms. The van der Waals surface area contributed by atoms with Gasteiger partial charge in [-0.05, 0) is 36.4 Å². The number of rotatable bonds is 8. The number of aromatic nitrogens is 2. The highest BCUT2D eigenvalue weighted by molar-refractivity contribution is 5.94. The number of hydrogen-bond acceptors (Lipinski definition) is 5. The number of amides is 1. The smallest absolute Gasteiger partial charge is 0.328 e. The predicted molar refractivity (Wildman–Crippen MR) is 124 cm³/mol. The zero-order valence-electron chi connectivity index (χ0n) is 18.1. The van der Waals surface area contributed by atoms with Crippen LogP contribution in [0, 0.1) is 0 Å². The Morgan fingerprint density at radius 3 is 2.33 bits per heavy atom. The molecule has 0 bridgehead atoms. The van der Waals surface area contributed by atoms with Crippen molar-refractivity contribution in [2.75, 3.05) is 11.9 Å². The summed E-state index contributed by atoms with van der Waals surface area (Å²) < 4.78 is 14.0. The van der Waals surface area contributed by atoms with Gasteiger partial charge in [0, 0.05) is 13.6 Å². The first-order valence-corrected chi connectivity index (χ1v) is 10.4. The lowest BCUT2D eigenvalue weighted by Crippen LogP contribution is -2.25. The fraction of sp³-hybridized carbons (Fsp3) is 0.160. The van der Waals surface area contributed by atoms with E-state index in [0.29, 0.717) is 17.2 Å². The van der Waals surface area contributed by atoms with Gasteiger partial charge in [0.15, 0.2) is 12.4 Å². The molecule has 0 unspecified atom stereocenters. The highest BCUT2D eigenvalue weighted by Gasteiger charge is 2.14. The molecule has 33 heavy (non-hydrogen) atoms. The molecule has 4 aromatic rings. The molecule has 3 aromatic carbocycles. The van der Waals surface area contributed by atoms with Gasteiger partial charge in [0.05, 0.1) is 23.1 Å². The van der Waals surface area contributed by atoms with Gasteiger partial charge in [-0.1, -0.05) is 42.5 Å². The first-order valence-electron chi connectivity index (χ1n) is 10.4. The molecule has 4 rings (SSSR count). The second-order valence-corrected chi connectivity index (χ2v) is 7.35. The van der Waals surface area contributed by atoms with Crippen LogP contribution in [0.3, 0.4) is 0 Å².